The molecule has 0 saturated carbocycles. The summed E-state index contributed by atoms with van der Waals surface area (Å²) in [5, 5.41) is 23.9. The largest absolute Gasteiger partial charge is 0.477 e. The molecule has 0 radical (unpaired) electrons. The summed E-state index contributed by atoms with van der Waals surface area (Å²) < 4.78 is 0. The first-order chi connectivity index (χ1) is 24.9. The maximum Gasteiger partial charge on any atom is 0.352 e. The number of hydrogen-bond acceptors (Lipinski definition) is 11. The predicted molar refractivity (Wildman–Crippen MR) is 199 cm³/mol. The SMILES string of the molecule is CON=C(C(=O)NC1C(=O)N2C(C(=O)O)=C(C=Cc3cscn3)CS[C@@H]12)c1csc(NC(c2ccccc2)(c2ccccc2)c2ccccc2)n1. The number of aromatic nitrogens is 2. The molecule has 1 fully saturated rings. The van der Waals surface area contributed by atoms with Crippen LogP contribution >= 0.6 is 34.4 Å². The molecule has 2 atom stereocenters. The molecule has 4 heterocycles. The van der Waals surface area contributed by atoms with Crippen LogP contribution in [0.15, 0.2) is 130 Å². The van der Waals surface area contributed by atoms with Gasteiger partial charge in [-0.1, -0.05) is 102 Å². The second-order valence-corrected chi connectivity index (χ2v) is 14.1. The van der Waals surface area contributed by atoms with Crippen molar-refractivity contribution in [3.05, 3.63) is 153 Å². The van der Waals surface area contributed by atoms with Gasteiger partial charge in [0, 0.05) is 16.5 Å². The van der Waals surface area contributed by atoms with Crippen molar-refractivity contribution < 1.29 is 24.3 Å². The Labute approximate surface area is 305 Å². The van der Waals surface area contributed by atoms with Gasteiger partial charge < -0.3 is 20.6 Å². The molecule has 2 aromatic heterocycles. The fourth-order valence-electron chi connectivity index (χ4n) is 6.15. The van der Waals surface area contributed by atoms with E-state index < -0.39 is 34.7 Å². The van der Waals surface area contributed by atoms with Gasteiger partial charge in [-0.3, -0.25) is 14.5 Å². The third-order valence-electron chi connectivity index (χ3n) is 8.45. The van der Waals surface area contributed by atoms with E-state index in [1.165, 1.54) is 46.4 Å². The second kappa shape index (κ2) is 14.7. The Morgan fingerprint density at radius 2 is 1.59 bits per heavy atom. The third-order valence-corrected chi connectivity index (χ3v) is 11.1. The molecule has 2 amide bonds. The van der Waals surface area contributed by atoms with Crippen molar-refractivity contribution in [1.82, 2.24) is 20.2 Å². The zero-order chi connectivity index (χ0) is 35.4. The van der Waals surface area contributed by atoms with Crippen LogP contribution in [0.3, 0.4) is 0 Å². The Morgan fingerprint density at radius 3 is 2.14 bits per heavy atom. The maximum absolute atomic E-state index is 13.7. The number of carboxylic acids is 1. The Bertz CT molecular complexity index is 2040. The van der Waals surface area contributed by atoms with Gasteiger partial charge in [-0.25, -0.2) is 14.8 Å². The monoisotopic (exact) mass is 734 g/mol. The number of thiazole rings is 2. The van der Waals surface area contributed by atoms with Crippen LogP contribution in [-0.2, 0) is 24.8 Å². The zero-order valence-electron chi connectivity index (χ0n) is 27.0. The average Bonchev–Trinajstić information content (AvgIpc) is 3.87. The number of carboxylic acid groups (broad SMARTS) is 1. The van der Waals surface area contributed by atoms with E-state index in [1.54, 1.807) is 23.0 Å². The second-order valence-electron chi connectivity index (χ2n) is 11.4. The summed E-state index contributed by atoms with van der Waals surface area (Å²) in [5.74, 6) is -2.11. The molecule has 3 aromatic carbocycles. The number of carbonyl (C=O) groups excluding carboxylic acids is 2. The molecular formula is C37H30N6O5S3. The van der Waals surface area contributed by atoms with Crippen LogP contribution < -0.4 is 10.6 Å². The maximum atomic E-state index is 13.7. The van der Waals surface area contributed by atoms with Crippen molar-refractivity contribution in [3.8, 4) is 0 Å². The van der Waals surface area contributed by atoms with Crippen molar-refractivity contribution in [2.75, 3.05) is 18.2 Å². The smallest absolute Gasteiger partial charge is 0.352 e. The summed E-state index contributed by atoms with van der Waals surface area (Å²) in [6.07, 6.45) is 3.38. The first kappa shape index (κ1) is 33.9. The lowest BCUT2D eigenvalue weighted by Gasteiger charge is -2.49. The standard InChI is InChI=1S/C37H30N6O5S3/c1-48-42-29(32(44)40-30-33(45)43-31(35(46)47)23(19-50-34(30)43)17-18-27-20-49-22-38-27)28-21-51-36(39-28)41-37(24-11-5-2-6-12-24,25-13-7-3-8-14-25)26-15-9-4-10-16-26/h2-18,20-22,30,34H,19H2,1H3,(H,39,41)(H,40,44)(H,46,47)/t30?,34-/m0/s1. The summed E-state index contributed by atoms with van der Waals surface area (Å²) in [4.78, 5) is 54.7. The summed E-state index contributed by atoms with van der Waals surface area (Å²) in [5.41, 5.74) is 4.97. The predicted octanol–water partition coefficient (Wildman–Crippen LogP) is 5.81. The Morgan fingerprint density at radius 1 is 0.961 bits per heavy atom. The number of carbonyl (C=O) groups is 3. The van der Waals surface area contributed by atoms with Gasteiger partial charge in [-0.2, -0.15) is 0 Å². The van der Waals surface area contributed by atoms with Gasteiger partial charge in [0.25, 0.3) is 11.8 Å². The summed E-state index contributed by atoms with van der Waals surface area (Å²) in [6.45, 7) is 0. The highest BCUT2D eigenvalue weighted by atomic mass is 32.2. The Balaban J connectivity index is 1.15. The molecule has 0 spiro atoms. The third kappa shape index (κ3) is 6.56. The van der Waals surface area contributed by atoms with E-state index in [2.05, 4.69) is 57.2 Å². The van der Waals surface area contributed by atoms with Crippen molar-refractivity contribution in [1.29, 1.82) is 0 Å². The van der Waals surface area contributed by atoms with Gasteiger partial charge in [0.1, 0.15) is 35.5 Å². The molecule has 2 aliphatic rings. The van der Waals surface area contributed by atoms with Crippen molar-refractivity contribution >= 4 is 69.1 Å². The molecule has 14 heteroatoms. The Kier molecular flexibility index (Phi) is 9.79. The quantitative estimate of drug-likeness (QED) is 0.0626. The first-order valence-corrected chi connectivity index (χ1v) is 18.6. The van der Waals surface area contributed by atoms with Crippen LogP contribution in [0, 0.1) is 0 Å². The molecule has 11 nitrogen and oxygen atoms in total. The van der Waals surface area contributed by atoms with Crippen molar-refractivity contribution in [2.24, 2.45) is 5.16 Å². The number of aliphatic carboxylic acids is 1. The topological polar surface area (TPSA) is 146 Å². The average molecular weight is 735 g/mol. The number of oxime groups is 1. The molecule has 0 aliphatic carbocycles. The van der Waals surface area contributed by atoms with E-state index in [4.69, 9.17) is 9.82 Å². The minimum atomic E-state index is -1.22. The van der Waals surface area contributed by atoms with E-state index in [0.717, 1.165) is 16.7 Å². The van der Waals surface area contributed by atoms with Crippen LogP contribution in [0.25, 0.3) is 6.08 Å². The molecule has 5 aromatic rings. The number of nitrogens with zero attached hydrogens (tertiary/aromatic N) is 4. The number of fused-ring (bicyclic) bond motifs is 1. The zero-order valence-corrected chi connectivity index (χ0v) is 29.5. The highest BCUT2D eigenvalue weighted by molar-refractivity contribution is 8.00. The number of rotatable bonds is 12. The normalized spacial score (nSPS) is 17.5. The lowest BCUT2D eigenvalue weighted by molar-refractivity contribution is -0.150. The highest BCUT2D eigenvalue weighted by Gasteiger charge is 2.54. The van der Waals surface area contributed by atoms with E-state index in [-0.39, 0.29) is 17.1 Å². The molecule has 1 unspecified atom stereocenters. The molecule has 2 aliphatic heterocycles. The minimum Gasteiger partial charge on any atom is -0.477 e. The summed E-state index contributed by atoms with van der Waals surface area (Å²) in [7, 11) is 1.32. The van der Waals surface area contributed by atoms with Gasteiger partial charge in [0.15, 0.2) is 10.8 Å². The van der Waals surface area contributed by atoms with Gasteiger partial charge in [0.2, 0.25) is 0 Å². The van der Waals surface area contributed by atoms with Crippen LogP contribution in [0.2, 0.25) is 0 Å². The lowest BCUT2D eigenvalue weighted by Crippen LogP contribution is -2.71. The van der Waals surface area contributed by atoms with Crippen LogP contribution in [-0.4, -0.2) is 67.7 Å². The molecule has 1 saturated heterocycles. The minimum absolute atomic E-state index is 0.111. The number of allylic oxidation sites excluding steroid dienone is 1. The molecular weight excluding hydrogens is 705 g/mol. The Hall–Kier alpha value is -5.57. The van der Waals surface area contributed by atoms with Crippen molar-refractivity contribution in [3.63, 3.8) is 0 Å². The fourth-order valence-corrected chi connectivity index (χ4v) is 8.74. The number of nitrogens with one attached hydrogen (secondary N) is 2. The number of hydrogen-bond donors (Lipinski definition) is 3. The van der Waals surface area contributed by atoms with Gasteiger partial charge >= 0.3 is 5.97 Å². The molecule has 51 heavy (non-hydrogen) atoms. The van der Waals surface area contributed by atoms with Gasteiger partial charge in [0.05, 0.1) is 11.2 Å². The van der Waals surface area contributed by atoms with Gasteiger partial charge in [-0.15, -0.1) is 34.4 Å². The van der Waals surface area contributed by atoms with Crippen LogP contribution in [0.1, 0.15) is 28.1 Å². The first-order valence-electron chi connectivity index (χ1n) is 15.7. The number of anilines is 1. The summed E-state index contributed by atoms with van der Waals surface area (Å²) >= 11 is 4.09. The molecule has 3 N–H and O–H groups in total. The van der Waals surface area contributed by atoms with E-state index in [9.17, 15) is 19.5 Å². The van der Waals surface area contributed by atoms with E-state index in [0.29, 0.717) is 22.2 Å². The summed E-state index contributed by atoms with van der Waals surface area (Å²) in [6, 6.07) is 29.2. The molecule has 256 valence electrons. The fraction of sp³-hybridized carbons (Fsp3) is 0.135. The number of thioether (sulfide) groups is 1. The molecule has 7 rings (SSSR count). The van der Waals surface area contributed by atoms with Crippen molar-refractivity contribution in [2.45, 2.75) is 17.0 Å². The van der Waals surface area contributed by atoms with E-state index in [1.807, 2.05) is 60.0 Å². The van der Waals surface area contributed by atoms with E-state index >= 15 is 0 Å². The number of benzene rings is 3. The van der Waals surface area contributed by atoms with Crippen LogP contribution in [0.5, 0.6) is 0 Å². The van der Waals surface area contributed by atoms with Gasteiger partial charge in [-0.05, 0) is 28.3 Å². The lowest BCUT2D eigenvalue weighted by atomic mass is 9.77. The molecule has 0 bridgehead atoms. The van der Waals surface area contributed by atoms with Crippen LogP contribution in [0.4, 0.5) is 5.13 Å². The number of β-lactam (4-membered cyclic amide) rings is 1. The highest BCUT2D eigenvalue weighted by Crippen LogP contribution is 2.42. The number of amides is 2.